The minimum absolute atomic E-state index is 0.00575. The standard InChI is InChI=1S/C18H22N4O2S2/c1-10(2)18(3,9-19)21-13(23)8-25-17-20-15-14(16(24)22(17)4)11-6-5-7-12(11)26-15/h10H,5-8H2,1-4H3,(H,21,23)/t18-/m0/s1. The maximum Gasteiger partial charge on any atom is 0.262 e. The molecule has 2 heterocycles. The van der Waals surface area contributed by atoms with Crippen molar-refractivity contribution in [2.24, 2.45) is 13.0 Å². The first-order valence-electron chi connectivity index (χ1n) is 8.63. The normalized spacial score (nSPS) is 15.7. The Labute approximate surface area is 160 Å². The third-order valence-corrected chi connectivity index (χ3v) is 7.24. The lowest BCUT2D eigenvalue weighted by Gasteiger charge is -2.27. The van der Waals surface area contributed by atoms with Crippen LogP contribution in [0.2, 0.25) is 0 Å². The second-order valence-corrected chi connectivity index (χ2v) is 9.13. The first-order chi connectivity index (χ1) is 12.3. The number of carbonyl (C=O) groups excluding carboxylic acids is 1. The van der Waals surface area contributed by atoms with Gasteiger partial charge in [0.25, 0.3) is 5.56 Å². The number of aromatic nitrogens is 2. The van der Waals surface area contributed by atoms with Gasteiger partial charge in [-0.2, -0.15) is 5.26 Å². The molecule has 0 radical (unpaired) electrons. The van der Waals surface area contributed by atoms with Crippen molar-refractivity contribution in [3.8, 4) is 6.07 Å². The van der Waals surface area contributed by atoms with Crippen molar-refractivity contribution in [2.75, 3.05) is 5.75 Å². The van der Waals surface area contributed by atoms with Gasteiger partial charge in [0.05, 0.1) is 17.2 Å². The molecule has 0 aliphatic heterocycles. The lowest BCUT2D eigenvalue weighted by molar-refractivity contribution is -0.120. The van der Waals surface area contributed by atoms with Gasteiger partial charge >= 0.3 is 0 Å². The second-order valence-electron chi connectivity index (χ2n) is 7.10. The van der Waals surface area contributed by atoms with Crippen molar-refractivity contribution < 1.29 is 4.79 Å². The summed E-state index contributed by atoms with van der Waals surface area (Å²) in [7, 11) is 1.70. The Kier molecular flexibility index (Phi) is 5.13. The van der Waals surface area contributed by atoms with E-state index >= 15 is 0 Å². The molecule has 0 aromatic carbocycles. The first-order valence-corrected chi connectivity index (χ1v) is 10.4. The van der Waals surface area contributed by atoms with E-state index in [-0.39, 0.29) is 23.1 Å². The van der Waals surface area contributed by atoms with Gasteiger partial charge in [-0.15, -0.1) is 11.3 Å². The largest absolute Gasteiger partial charge is 0.337 e. The molecular formula is C18H22N4O2S2. The SMILES string of the molecule is CC(C)[C@](C)(C#N)NC(=O)CSc1nc2sc3c(c2c(=O)n1C)CCC3. The summed E-state index contributed by atoms with van der Waals surface area (Å²) in [5.41, 5.74) is 0.214. The highest BCUT2D eigenvalue weighted by atomic mass is 32.2. The van der Waals surface area contributed by atoms with Crippen LogP contribution in [0.5, 0.6) is 0 Å². The number of amides is 1. The van der Waals surface area contributed by atoms with Gasteiger partial charge in [-0.25, -0.2) is 4.98 Å². The average molecular weight is 391 g/mol. The molecule has 0 fully saturated rings. The van der Waals surface area contributed by atoms with E-state index in [0.717, 1.165) is 35.0 Å². The molecule has 1 aliphatic rings. The van der Waals surface area contributed by atoms with Gasteiger partial charge in [-0.3, -0.25) is 14.2 Å². The zero-order chi connectivity index (χ0) is 19.1. The van der Waals surface area contributed by atoms with Crippen molar-refractivity contribution in [1.82, 2.24) is 14.9 Å². The van der Waals surface area contributed by atoms with Crippen LogP contribution in [0.1, 0.15) is 37.6 Å². The summed E-state index contributed by atoms with van der Waals surface area (Å²) in [5, 5.41) is 13.4. The summed E-state index contributed by atoms with van der Waals surface area (Å²) >= 11 is 2.82. The lowest BCUT2D eigenvalue weighted by atomic mass is 9.90. The second kappa shape index (κ2) is 7.05. The zero-order valence-corrected chi connectivity index (χ0v) is 17.0. The minimum atomic E-state index is -0.907. The number of rotatable bonds is 5. The third kappa shape index (κ3) is 3.26. The Morgan fingerprint density at radius 2 is 2.23 bits per heavy atom. The smallest absolute Gasteiger partial charge is 0.262 e. The van der Waals surface area contributed by atoms with Crippen LogP contribution >= 0.6 is 23.1 Å². The van der Waals surface area contributed by atoms with Crippen LogP contribution in [0, 0.1) is 17.2 Å². The van der Waals surface area contributed by atoms with Crippen LogP contribution in [-0.2, 0) is 24.7 Å². The maximum absolute atomic E-state index is 12.8. The number of fused-ring (bicyclic) bond motifs is 3. The summed E-state index contributed by atoms with van der Waals surface area (Å²) < 4.78 is 1.53. The average Bonchev–Trinajstić information content (AvgIpc) is 3.17. The van der Waals surface area contributed by atoms with Crippen molar-refractivity contribution in [3.63, 3.8) is 0 Å². The molecule has 0 saturated heterocycles. The molecule has 3 rings (SSSR count). The van der Waals surface area contributed by atoms with Crippen LogP contribution in [0.25, 0.3) is 10.2 Å². The number of hydrogen-bond acceptors (Lipinski definition) is 6. The molecule has 6 nitrogen and oxygen atoms in total. The van der Waals surface area contributed by atoms with Crippen molar-refractivity contribution >= 4 is 39.2 Å². The molecule has 0 unspecified atom stereocenters. The highest BCUT2D eigenvalue weighted by Gasteiger charge is 2.30. The number of carbonyl (C=O) groups is 1. The van der Waals surface area contributed by atoms with Crippen LogP contribution in [0.3, 0.4) is 0 Å². The van der Waals surface area contributed by atoms with Gasteiger partial charge in [0.1, 0.15) is 10.4 Å². The maximum atomic E-state index is 12.8. The Bertz CT molecular complexity index is 970. The fraction of sp³-hybridized carbons (Fsp3) is 0.556. The van der Waals surface area contributed by atoms with E-state index in [4.69, 9.17) is 0 Å². The molecule has 2 aromatic heterocycles. The predicted octanol–water partition coefficient (Wildman–Crippen LogP) is 2.63. The van der Waals surface area contributed by atoms with Gasteiger partial charge < -0.3 is 5.32 Å². The number of thiophene rings is 1. The molecule has 1 aliphatic carbocycles. The molecule has 1 atom stereocenters. The van der Waals surface area contributed by atoms with Crippen LogP contribution in [-0.4, -0.2) is 26.8 Å². The van der Waals surface area contributed by atoms with E-state index in [1.54, 1.807) is 25.3 Å². The van der Waals surface area contributed by atoms with Crippen molar-refractivity contribution in [2.45, 2.75) is 50.7 Å². The van der Waals surface area contributed by atoms with E-state index < -0.39 is 5.54 Å². The van der Waals surface area contributed by atoms with Gasteiger partial charge in [-0.05, 0) is 37.7 Å². The van der Waals surface area contributed by atoms with Gasteiger partial charge in [0.15, 0.2) is 5.16 Å². The van der Waals surface area contributed by atoms with Crippen LogP contribution in [0.4, 0.5) is 0 Å². The van der Waals surface area contributed by atoms with E-state index in [1.165, 1.54) is 21.2 Å². The number of nitrogens with one attached hydrogen (secondary N) is 1. The van der Waals surface area contributed by atoms with Gasteiger partial charge in [0.2, 0.25) is 5.91 Å². The van der Waals surface area contributed by atoms with E-state index in [1.807, 2.05) is 13.8 Å². The zero-order valence-electron chi connectivity index (χ0n) is 15.4. The molecule has 1 N–H and O–H groups in total. The predicted molar refractivity (Wildman–Crippen MR) is 105 cm³/mol. The van der Waals surface area contributed by atoms with Crippen LogP contribution < -0.4 is 10.9 Å². The van der Waals surface area contributed by atoms with E-state index in [2.05, 4.69) is 16.4 Å². The monoisotopic (exact) mass is 390 g/mol. The summed E-state index contributed by atoms with van der Waals surface area (Å²) in [6.07, 6.45) is 3.07. The Hall–Kier alpha value is -1.85. The third-order valence-electron chi connectivity index (χ3n) is 5.02. The molecule has 8 heteroatoms. The number of hydrogen-bond donors (Lipinski definition) is 1. The van der Waals surface area contributed by atoms with E-state index in [9.17, 15) is 14.9 Å². The number of thioether (sulfide) groups is 1. The molecule has 0 bridgehead atoms. The lowest BCUT2D eigenvalue weighted by Crippen LogP contribution is -2.49. The van der Waals surface area contributed by atoms with Crippen molar-refractivity contribution in [3.05, 3.63) is 20.8 Å². The number of aryl methyl sites for hydroxylation is 2. The Morgan fingerprint density at radius 1 is 1.50 bits per heavy atom. The molecule has 0 spiro atoms. The molecule has 0 saturated carbocycles. The van der Waals surface area contributed by atoms with Crippen molar-refractivity contribution in [1.29, 1.82) is 5.26 Å². The van der Waals surface area contributed by atoms with E-state index in [0.29, 0.717) is 5.16 Å². The quantitative estimate of drug-likeness (QED) is 0.626. The summed E-state index contributed by atoms with van der Waals surface area (Å²) in [4.78, 5) is 31.7. The van der Waals surface area contributed by atoms with Gasteiger partial charge in [-0.1, -0.05) is 25.6 Å². The molecule has 26 heavy (non-hydrogen) atoms. The highest BCUT2D eigenvalue weighted by Crippen LogP contribution is 2.35. The molecule has 2 aromatic rings. The molecule has 1 amide bonds. The Balaban J connectivity index is 1.80. The van der Waals surface area contributed by atoms with Gasteiger partial charge in [0, 0.05) is 11.9 Å². The first kappa shape index (κ1) is 18.9. The summed E-state index contributed by atoms with van der Waals surface area (Å²) in [5.74, 6) is -0.134. The Morgan fingerprint density at radius 3 is 2.88 bits per heavy atom. The minimum Gasteiger partial charge on any atom is -0.337 e. The fourth-order valence-corrected chi connectivity index (χ4v) is 5.07. The highest BCUT2D eigenvalue weighted by molar-refractivity contribution is 7.99. The molecule has 138 valence electrons. The number of nitriles is 1. The topological polar surface area (TPSA) is 87.8 Å². The number of nitrogens with zero attached hydrogens (tertiary/aromatic N) is 3. The summed E-state index contributed by atoms with van der Waals surface area (Å²) in [6, 6.07) is 2.16. The van der Waals surface area contributed by atoms with Crippen LogP contribution in [0.15, 0.2) is 9.95 Å². The fourth-order valence-electron chi connectivity index (χ4n) is 2.99. The summed E-state index contributed by atoms with van der Waals surface area (Å²) in [6.45, 7) is 5.51. The molecular weight excluding hydrogens is 368 g/mol.